The summed E-state index contributed by atoms with van der Waals surface area (Å²) in [6, 6.07) is 7.04. The number of rotatable bonds is 0. The first-order chi connectivity index (χ1) is 3.79. The van der Waals surface area contributed by atoms with Crippen molar-refractivity contribution < 1.29 is 4.39 Å². The van der Waals surface area contributed by atoms with Gasteiger partial charge in [0.15, 0.2) is 0 Å². The van der Waals surface area contributed by atoms with E-state index >= 15 is 0 Å². The fourth-order valence-corrected chi connectivity index (χ4v) is 0.485. The van der Waals surface area contributed by atoms with Gasteiger partial charge in [0, 0.05) is 6.07 Å². The van der Waals surface area contributed by atoms with Crippen LogP contribution in [0, 0.1) is 18.8 Å². The Morgan fingerprint density at radius 1 is 1.50 bits per heavy atom. The third kappa shape index (κ3) is 1.06. The molecule has 1 aromatic carbocycles. The lowest BCUT2D eigenvalue weighted by molar-refractivity contribution is 0.625. The van der Waals surface area contributed by atoms with Gasteiger partial charge < -0.3 is 0 Å². The fourth-order valence-electron chi connectivity index (χ4n) is 0.485. The molecule has 0 aromatic heterocycles. The normalized spacial score (nSPS) is 9.25. The predicted octanol–water partition coefficient (Wildman–Crippen LogP) is 1.81. The summed E-state index contributed by atoms with van der Waals surface area (Å²) >= 11 is 0. The van der Waals surface area contributed by atoms with Crippen LogP contribution in [0.15, 0.2) is 18.2 Å². The van der Waals surface area contributed by atoms with E-state index in [0.29, 0.717) is 5.56 Å². The van der Waals surface area contributed by atoms with Crippen molar-refractivity contribution in [2.75, 3.05) is 0 Å². The van der Waals surface area contributed by atoms with Gasteiger partial charge in [-0.3, -0.25) is 0 Å². The molecule has 0 N–H and O–H groups in total. The number of halogens is 1. The molecule has 0 fully saturated rings. The van der Waals surface area contributed by atoms with Crippen molar-refractivity contribution in [1.29, 1.82) is 0 Å². The summed E-state index contributed by atoms with van der Waals surface area (Å²) in [5.74, 6) is -0.350. The molecule has 0 heterocycles. The summed E-state index contributed by atoms with van der Waals surface area (Å²) in [6.45, 7) is 3.49. The zero-order chi connectivity index (χ0) is 5.98. The Hall–Kier alpha value is -0.850. The molecular weight excluding hydrogens is 103 g/mol. The zero-order valence-electron chi connectivity index (χ0n) is 4.32. The Balaban J connectivity index is 3.08. The number of hydrogen-bond donors (Lipinski definition) is 0. The van der Waals surface area contributed by atoms with Crippen molar-refractivity contribution in [1.82, 2.24) is 0 Å². The smallest absolute Gasteiger partial charge is 0.131 e. The Kier molecular flexibility index (Phi) is 1.29. The lowest BCUT2D eigenvalue weighted by Gasteiger charge is -1.86. The average Bonchev–Trinajstić information content (AvgIpc) is 1.64. The van der Waals surface area contributed by atoms with Gasteiger partial charge in [-0.25, -0.2) is 4.39 Å². The zero-order valence-corrected chi connectivity index (χ0v) is 4.32. The van der Waals surface area contributed by atoms with Crippen LogP contribution in [0.5, 0.6) is 0 Å². The first-order valence-electron chi connectivity index (χ1n) is 2.29. The van der Waals surface area contributed by atoms with E-state index in [1.54, 1.807) is 12.1 Å². The Morgan fingerprint density at radius 3 is 2.62 bits per heavy atom. The molecule has 2 radical (unpaired) electrons. The molecule has 1 rings (SSSR count). The highest BCUT2D eigenvalue weighted by molar-refractivity contribution is 5.16. The van der Waals surface area contributed by atoms with Gasteiger partial charge in [0.2, 0.25) is 0 Å². The van der Waals surface area contributed by atoms with Crippen molar-refractivity contribution in [3.63, 3.8) is 0 Å². The van der Waals surface area contributed by atoms with Crippen LogP contribution in [0.3, 0.4) is 0 Å². The summed E-state index contributed by atoms with van der Waals surface area (Å²) in [4.78, 5) is 0. The van der Waals surface area contributed by atoms with Gasteiger partial charge in [-0.1, -0.05) is 12.1 Å². The van der Waals surface area contributed by atoms with Gasteiger partial charge in [0.05, 0.1) is 0 Å². The maximum absolute atomic E-state index is 12.1. The maximum atomic E-state index is 12.1. The van der Waals surface area contributed by atoms with E-state index in [-0.39, 0.29) is 5.82 Å². The first-order valence-corrected chi connectivity index (χ1v) is 2.29. The number of benzene rings is 1. The molecule has 8 heavy (non-hydrogen) atoms. The van der Waals surface area contributed by atoms with Crippen molar-refractivity contribution in [3.8, 4) is 0 Å². The minimum atomic E-state index is -0.350. The van der Waals surface area contributed by atoms with Crippen LogP contribution in [0.2, 0.25) is 0 Å². The molecule has 40 valence electrons. The van der Waals surface area contributed by atoms with E-state index in [1.807, 2.05) is 0 Å². The Morgan fingerprint density at radius 2 is 2.25 bits per heavy atom. The lowest BCUT2D eigenvalue weighted by atomic mass is 10.2. The molecule has 0 spiro atoms. The first kappa shape index (κ1) is 5.29. The van der Waals surface area contributed by atoms with E-state index in [9.17, 15) is 4.39 Å². The summed E-state index contributed by atoms with van der Waals surface area (Å²) in [5, 5.41) is 0. The average molecular weight is 108 g/mol. The van der Waals surface area contributed by atoms with Gasteiger partial charge in [-0.2, -0.15) is 0 Å². The van der Waals surface area contributed by atoms with E-state index in [4.69, 9.17) is 0 Å². The second-order valence-electron chi connectivity index (χ2n) is 1.52. The Bertz CT molecular complexity index is 164. The predicted molar refractivity (Wildman–Crippen MR) is 29.7 cm³/mol. The summed E-state index contributed by atoms with van der Waals surface area (Å²) in [7, 11) is 0. The minimum Gasteiger partial charge on any atom is -0.206 e. The fraction of sp³-hybridized carbons (Fsp3) is 0. The van der Waals surface area contributed by atoms with Crippen LogP contribution < -0.4 is 0 Å². The van der Waals surface area contributed by atoms with Crippen LogP contribution in [-0.4, -0.2) is 0 Å². The SMILES string of the molecule is [CH2]c1[c]c(F)ccc1. The second-order valence-corrected chi connectivity index (χ2v) is 1.52. The van der Waals surface area contributed by atoms with E-state index in [0.717, 1.165) is 0 Å². The van der Waals surface area contributed by atoms with Crippen molar-refractivity contribution in [3.05, 3.63) is 42.6 Å². The van der Waals surface area contributed by atoms with Gasteiger partial charge in [-0.05, 0) is 18.6 Å². The third-order valence-corrected chi connectivity index (χ3v) is 0.820. The molecule has 0 atom stereocenters. The molecule has 1 heteroatoms. The largest absolute Gasteiger partial charge is 0.206 e. The van der Waals surface area contributed by atoms with E-state index in [1.165, 1.54) is 6.07 Å². The molecule has 0 unspecified atom stereocenters. The molecule has 0 bridgehead atoms. The molecule has 1 aromatic rings. The summed E-state index contributed by atoms with van der Waals surface area (Å²) in [5.41, 5.74) is 0.588. The second kappa shape index (κ2) is 1.95. The van der Waals surface area contributed by atoms with Gasteiger partial charge in [-0.15, -0.1) is 0 Å². The Labute approximate surface area is 48.0 Å². The summed E-state index contributed by atoms with van der Waals surface area (Å²) in [6.07, 6.45) is 0. The van der Waals surface area contributed by atoms with Crippen LogP contribution in [-0.2, 0) is 0 Å². The van der Waals surface area contributed by atoms with E-state index in [2.05, 4.69) is 13.0 Å². The molecule has 0 aliphatic carbocycles. The van der Waals surface area contributed by atoms with Crippen LogP contribution >= 0.6 is 0 Å². The molecule has 0 saturated heterocycles. The van der Waals surface area contributed by atoms with Crippen molar-refractivity contribution in [2.45, 2.75) is 0 Å². The topological polar surface area (TPSA) is 0 Å². The molecular formula is C7H5F. The molecule has 0 saturated carbocycles. The highest BCUT2D eigenvalue weighted by atomic mass is 19.1. The van der Waals surface area contributed by atoms with Gasteiger partial charge >= 0.3 is 0 Å². The molecule has 0 nitrogen and oxygen atoms in total. The lowest BCUT2D eigenvalue weighted by Crippen LogP contribution is -1.73. The quantitative estimate of drug-likeness (QED) is 0.475. The summed E-state index contributed by atoms with van der Waals surface area (Å²) < 4.78 is 12.1. The van der Waals surface area contributed by atoms with Crippen LogP contribution in [0.25, 0.3) is 0 Å². The van der Waals surface area contributed by atoms with Crippen molar-refractivity contribution in [2.24, 2.45) is 0 Å². The highest BCUT2D eigenvalue weighted by Crippen LogP contribution is 1.98. The van der Waals surface area contributed by atoms with Gasteiger partial charge in [0.1, 0.15) is 5.82 Å². The minimum absolute atomic E-state index is 0.350. The van der Waals surface area contributed by atoms with Crippen molar-refractivity contribution >= 4 is 0 Å². The molecule has 0 amide bonds. The maximum Gasteiger partial charge on any atom is 0.131 e. The monoisotopic (exact) mass is 108 g/mol. The highest BCUT2D eigenvalue weighted by Gasteiger charge is 1.85. The number of hydrogen-bond acceptors (Lipinski definition) is 0. The molecule has 0 aliphatic rings. The van der Waals surface area contributed by atoms with Crippen LogP contribution in [0.4, 0.5) is 4.39 Å². The standard InChI is InChI=1S/C7H5F/c1-6-3-2-4-7(8)5-6/h2-4H,1H2. The van der Waals surface area contributed by atoms with Gasteiger partial charge in [0.25, 0.3) is 0 Å². The van der Waals surface area contributed by atoms with E-state index < -0.39 is 0 Å². The van der Waals surface area contributed by atoms with Crippen LogP contribution in [0.1, 0.15) is 5.56 Å². The third-order valence-electron chi connectivity index (χ3n) is 0.820. The molecule has 0 aliphatic heterocycles.